The Hall–Kier alpha value is 0.0800. The maximum Gasteiger partial charge on any atom is 0.250 e. The Morgan fingerprint density at radius 3 is 2.89 bits per heavy atom. The van der Waals surface area contributed by atoms with Gasteiger partial charge in [0.15, 0.2) is 0 Å². The second kappa shape index (κ2) is 6.69. The van der Waals surface area contributed by atoms with Crippen molar-refractivity contribution in [2.24, 2.45) is 0 Å². The molecule has 0 spiro atoms. The highest BCUT2D eigenvalue weighted by Crippen LogP contribution is 2.34. The van der Waals surface area contributed by atoms with Gasteiger partial charge in [-0.05, 0) is 41.4 Å². The largest absolute Gasteiger partial charge is 0.313 e. The Kier molecular flexibility index (Phi) is 5.45. The van der Waals surface area contributed by atoms with E-state index in [9.17, 15) is 8.42 Å². The van der Waals surface area contributed by atoms with E-state index in [0.717, 1.165) is 37.3 Å². The standard InChI is InChI=1S/C11H14BrClN2O2S2/c12-11-9(13)7-10(18-11)19(16,17)15-6-3-8-1-4-14-5-2-8/h1,7,14-15H,2-6H2. The smallest absolute Gasteiger partial charge is 0.250 e. The zero-order valence-electron chi connectivity index (χ0n) is 10.1. The predicted octanol–water partition coefficient (Wildman–Crippen LogP) is 2.75. The van der Waals surface area contributed by atoms with Gasteiger partial charge in [0, 0.05) is 13.1 Å². The molecule has 8 heteroatoms. The van der Waals surface area contributed by atoms with Crippen molar-refractivity contribution < 1.29 is 8.42 Å². The van der Waals surface area contributed by atoms with Gasteiger partial charge in [0.25, 0.3) is 0 Å². The Labute approximate surface area is 130 Å². The first-order valence-corrected chi connectivity index (χ1v) is 9.29. The zero-order chi connectivity index (χ0) is 13.9. The van der Waals surface area contributed by atoms with Gasteiger partial charge in [-0.15, -0.1) is 11.3 Å². The molecule has 0 bridgehead atoms. The molecule has 0 amide bonds. The lowest BCUT2D eigenvalue weighted by Gasteiger charge is -2.13. The Morgan fingerprint density at radius 1 is 1.53 bits per heavy atom. The predicted molar refractivity (Wildman–Crippen MR) is 82.4 cm³/mol. The third kappa shape index (κ3) is 4.27. The minimum atomic E-state index is -3.45. The highest BCUT2D eigenvalue weighted by atomic mass is 79.9. The number of hydrogen-bond donors (Lipinski definition) is 2. The molecule has 0 saturated carbocycles. The van der Waals surface area contributed by atoms with Crippen molar-refractivity contribution in [1.29, 1.82) is 0 Å². The molecular weight excluding hydrogens is 372 g/mol. The fourth-order valence-corrected chi connectivity index (χ4v) is 5.25. The van der Waals surface area contributed by atoms with Crippen LogP contribution in [0.25, 0.3) is 0 Å². The summed E-state index contributed by atoms with van der Waals surface area (Å²) in [5.74, 6) is 0. The van der Waals surface area contributed by atoms with Crippen LogP contribution in [0.5, 0.6) is 0 Å². The Bertz CT molecular complexity index is 564. The molecular formula is C11H14BrClN2O2S2. The van der Waals surface area contributed by atoms with E-state index < -0.39 is 10.0 Å². The number of halogens is 2. The van der Waals surface area contributed by atoms with Gasteiger partial charge in [0.2, 0.25) is 10.0 Å². The highest BCUT2D eigenvalue weighted by molar-refractivity contribution is 9.11. The van der Waals surface area contributed by atoms with Crippen LogP contribution in [-0.2, 0) is 10.0 Å². The van der Waals surface area contributed by atoms with Gasteiger partial charge in [-0.1, -0.05) is 23.3 Å². The normalized spacial score (nSPS) is 16.4. The maximum atomic E-state index is 12.0. The average Bonchev–Trinajstić information content (AvgIpc) is 2.72. The molecule has 2 N–H and O–H groups in total. The molecule has 0 unspecified atom stereocenters. The lowest BCUT2D eigenvalue weighted by molar-refractivity contribution is 0.582. The zero-order valence-corrected chi connectivity index (χ0v) is 14.1. The summed E-state index contributed by atoms with van der Waals surface area (Å²) in [4.78, 5) is 0. The molecule has 1 aliphatic heterocycles. The van der Waals surface area contributed by atoms with Gasteiger partial charge >= 0.3 is 0 Å². The summed E-state index contributed by atoms with van der Waals surface area (Å²) in [5.41, 5.74) is 1.30. The molecule has 1 aromatic heterocycles. The van der Waals surface area contributed by atoms with Crippen LogP contribution in [0.2, 0.25) is 5.02 Å². The van der Waals surface area contributed by atoms with Gasteiger partial charge in [-0.2, -0.15) is 0 Å². The summed E-state index contributed by atoms with van der Waals surface area (Å²) in [6.07, 6.45) is 3.86. The van der Waals surface area contributed by atoms with E-state index in [0.29, 0.717) is 15.4 Å². The van der Waals surface area contributed by atoms with Crippen molar-refractivity contribution in [3.8, 4) is 0 Å². The number of thiophene rings is 1. The number of nitrogens with one attached hydrogen (secondary N) is 2. The van der Waals surface area contributed by atoms with Crippen molar-refractivity contribution in [3.63, 3.8) is 0 Å². The summed E-state index contributed by atoms with van der Waals surface area (Å²) in [7, 11) is -3.45. The number of hydrogen-bond acceptors (Lipinski definition) is 4. The van der Waals surface area contributed by atoms with Gasteiger partial charge in [0.1, 0.15) is 4.21 Å². The van der Waals surface area contributed by atoms with Crippen LogP contribution in [0.15, 0.2) is 25.7 Å². The Morgan fingerprint density at radius 2 is 2.32 bits per heavy atom. The molecule has 1 aromatic rings. The van der Waals surface area contributed by atoms with Crippen molar-refractivity contribution >= 4 is 48.9 Å². The third-order valence-corrected chi connectivity index (χ3v) is 7.19. The lowest BCUT2D eigenvalue weighted by atomic mass is 10.1. The van der Waals surface area contributed by atoms with Gasteiger partial charge < -0.3 is 5.32 Å². The summed E-state index contributed by atoms with van der Waals surface area (Å²) in [6.45, 7) is 2.25. The molecule has 2 heterocycles. The van der Waals surface area contributed by atoms with E-state index in [-0.39, 0.29) is 4.21 Å². The monoisotopic (exact) mass is 384 g/mol. The number of sulfonamides is 1. The summed E-state index contributed by atoms with van der Waals surface area (Å²) >= 11 is 10.2. The van der Waals surface area contributed by atoms with E-state index in [1.807, 2.05) is 0 Å². The molecule has 0 aliphatic carbocycles. The highest BCUT2D eigenvalue weighted by Gasteiger charge is 2.18. The van der Waals surface area contributed by atoms with E-state index in [4.69, 9.17) is 11.6 Å². The van der Waals surface area contributed by atoms with Crippen LogP contribution in [0.3, 0.4) is 0 Å². The maximum absolute atomic E-state index is 12.0. The fourth-order valence-electron chi connectivity index (χ4n) is 1.77. The fraction of sp³-hybridized carbons (Fsp3) is 0.455. The van der Waals surface area contributed by atoms with Crippen LogP contribution in [0, 0.1) is 0 Å². The molecule has 1 aliphatic rings. The minimum Gasteiger partial charge on any atom is -0.313 e. The quantitative estimate of drug-likeness (QED) is 0.766. The molecule has 0 radical (unpaired) electrons. The van der Waals surface area contributed by atoms with E-state index >= 15 is 0 Å². The first-order valence-electron chi connectivity index (χ1n) is 5.82. The van der Waals surface area contributed by atoms with Crippen molar-refractivity contribution in [3.05, 3.63) is 26.5 Å². The summed E-state index contributed by atoms with van der Waals surface area (Å²) in [5, 5.41) is 3.65. The van der Waals surface area contributed by atoms with Crippen LogP contribution < -0.4 is 10.0 Å². The second-order valence-electron chi connectivity index (χ2n) is 4.15. The molecule has 0 saturated heterocycles. The SMILES string of the molecule is O=S(=O)(NCCC1=CCNCC1)c1cc(Cl)c(Br)s1. The van der Waals surface area contributed by atoms with Crippen LogP contribution in [0.1, 0.15) is 12.8 Å². The van der Waals surface area contributed by atoms with E-state index in [1.165, 1.54) is 11.6 Å². The topological polar surface area (TPSA) is 58.2 Å². The summed E-state index contributed by atoms with van der Waals surface area (Å²) < 4.78 is 27.5. The van der Waals surface area contributed by atoms with Crippen LogP contribution in [-0.4, -0.2) is 28.1 Å². The van der Waals surface area contributed by atoms with Crippen molar-refractivity contribution in [1.82, 2.24) is 10.0 Å². The van der Waals surface area contributed by atoms with Gasteiger partial charge in [-0.25, -0.2) is 13.1 Å². The summed E-state index contributed by atoms with van der Waals surface area (Å²) in [6, 6.07) is 1.46. The lowest BCUT2D eigenvalue weighted by Crippen LogP contribution is -2.26. The van der Waals surface area contributed by atoms with Crippen molar-refractivity contribution in [2.45, 2.75) is 17.1 Å². The molecule has 0 fully saturated rings. The third-order valence-electron chi connectivity index (χ3n) is 2.78. The van der Waals surface area contributed by atoms with Gasteiger partial charge in [-0.3, -0.25) is 0 Å². The first kappa shape index (κ1) is 15.5. The van der Waals surface area contributed by atoms with E-state index in [2.05, 4.69) is 32.0 Å². The van der Waals surface area contributed by atoms with Crippen LogP contribution >= 0.6 is 38.9 Å². The Balaban J connectivity index is 1.92. The van der Waals surface area contributed by atoms with Gasteiger partial charge in [0.05, 0.1) is 8.81 Å². The average molecular weight is 386 g/mol. The molecule has 0 atom stereocenters. The van der Waals surface area contributed by atoms with E-state index in [1.54, 1.807) is 0 Å². The van der Waals surface area contributed by atoms with Crippen LogP contribution in [0.4, 0.5) is 0 Å². The van der Waals surface area contributed by atoms with Crippen molar-refractivity contribution in [2.75, 3.05) is 19.6 Å². The number of rotatable bonds is 5. The second-order valence-corrected chi connectivity index (χ2v) is 8.92. The molecule has 0 aromatic carbocycles. The molecule has 2 rings (SSSR count). The molecule has 19 heavy (non-hydrogen) atoms. The minimum absolute atomic E-state index is 0.240. The molecule has 4 nitrogen and oxygen atoms in total. The molecule has 106 valence electrons. The first-order chi connectivity index (χ1) is 8.99.